The van der Waals surface area contributed by atoms with Gasteiger partial charge < -0.3 is 4.74 Å². The van der Waals surface area contributed by atoms with Crippen LogP contribution in [0.2, 0.25) is 0 Å². The lowest BCUT2D eigenvalue weighted by Crippen LogP contribution is -2.22. The van der Waals surface area contributed by atoms with Gasteiger partial charge in [0.05, 0.1) is 12.2 Å². The summed E-state index contributed by atoms with van der Waals surface area (Å²) in [6.07, 6.45) is 0. The van der Waals surface area contributed by atoms with Gasteiger partial charge in [-0.25, -0.2) is 0 Å². The zero-order valence-corrected chi connectivity index (χ0v) is 9.21. The molecule has 0 aliphatic rings. The lowest BCUT2D eigenvalue weighted by Gasteiger charge is -2.26. The van der Waals surface area contributed by atoms with Gasteiger partial charge in [0, 0.05) is 0 Å². The molecule has 1 aromatic carbocycles. The summed E-state index contributed by atoms with van der Waals surface area (Å²) in [6.45, 7) is 10.6. The summed E-state index contributed by atoms with van der Waals surface area (Å²) in [5, 5.41) is 0. The SMILES string of the molecule is C=C(C)COC(C)(C)c1ccccc1. The van der Waals surface area contributed by atoms with Crippen molar-refractivity contribution in [1.29, 1.82) is 0 Å². The molecule has 1 aromatic rings. The summed E-state index contributed by atoms with van der Waals surface area (Å²) in [7, 11) is 0. The number of hydrogen-bond acceptors (Lipinski definition) is 1. The molecule has 0 aliphatic carbocycles. The van der Waals surface area contributed by atoms with Gasteiger partial charge in [-0.15, -0.1) is 0 Å². The number of ether oxygens (including phenoxy) is 1. The molecule has 76 valence electrons. The highest BCUT2D eigenvalue weighted by atomic mass is 16.5. The van der Waals surface area contributed by atoms with Crippen molar-refractivity contribution in [3.8, 4) is 0 Å². The molecule has 0 amide bonds. The first-order valence-corrected chi connectivity index (χ1v) is 4.86. The van der Waals surface area contributed by atoms with Crippen LogP contribution in [0.5, 0.6) is 0 Å². The molecular weight excluding hydrogens is 172 g/mol. The molecule has 1 rings (SSSR count). The fourth-order valence-corrected chi connectivity index (χ4v) is 1.23. The second-order valence-corrected chi connectivity index (χ2v) is 4.12. The maximum absolute atomic E-state index is 5.78. The largest absolute Gasteiger partial charge is 0.367 e. The smallest absolute Gasteiger partial charge is 0.0879 e. The van der Waals surface area contributed by atoms with Crippen LogP contribution >= 0.6 is 0 Å². The molecule has 0 bridgehead atoms. The molecule has 14 heavy (non-hydrogen) atoms. The van der Waals surface area contributed by atoms with Gasteiger partial charge in [0.25, 0.3) is 0 Å². The van der Waals surface area contributed by atoms with Gasteiger partial charge in [-0.3, -0.25) is 0 Å². The highest BCUT2D eigenvalue weighted by molar-refractivity contribution is 5.20. The van der Waals surface area contributed by atoms with E-state index < -0.39 is 0 Å². The molecule has 0 spiro atoms. The topological polar surface area (TPSA) is 9.23 Å². The van der Waals surface area contributed by atoms with E-state index in [1.165, 1.54) is 5.56 Å². The Morgan fingerprint density at radius 3 is 2.36 bits per heavy atom. The summed E-state index contributed by atoms with van der Waals surface area (Å²) in [5.74, 6) is 0. The van der Waals surface area contributed by atoms with E-state index >= 15 is 0 Å². The third-order valence-electron chi connectivity index (χ3n) is 2.15. The van der Waals surface area contributed by atoms with Gasteiger partial charge in [0.2, 0.25) is 0 Å². The second-order valence-electron chi connectivity index (χ2n) is 4.12. The van der Waals surface area contributed by atoms with Crippen molar-refractivity contribution in [3.05, 3.63) is 48.0 Å². The van der Waals surface area contributed by atoms with Crippen molar-refractivity contribution in [2.45, 2.75) is 26.4 Å². The van der Waals surface area contributed by atoms with Crippen molar-refractivity contribution in [2.75, 3.05) is 6.61 Å². The van der Waals surface area contributed by atoms with Crippen molar-refractivity contribution in [1.82, 2.24) is 0 Å². The Balaban J connectivity index is 2.70. The van der Waals surface area contributed by atoms with Crippen LogP contribution in [0, 0.1) is 0 Å². The third kappa shape index (κ3) is 3.00. The van der Waals surface area contributed by atoms with Gasteiger partial charge in [-0.05, 0) is 26.3 Å². The average Bonchev–Trinajstić information content (AvgIpc) is 2.16. The molecule has 0 unspecified atom stereocenters. The Bertz CT molecular complexity index is 298. The quantitative estimate of drug-likeness (QED) is 0.660. The number of hydrogen-bond donors (Lipinski definition) is 0. The maximum atomic E-state index is 5.78. The lowest BCUT2D eigenvalue weighted by molar-refractivity contribution is -0.00820. The minimum atomic E-state index is -0.236. The maximum Gasteiger partial charge on any atom is 0.0879 e. The van der Waals surface area contributed by atoms with Gasteiger partial charge in [-0.1, -0.05) is 42.5 Å². The summed E-state index contributed by atoms with van der Waals surface area (Å²) in [5.41, 5.74) is 2.01. The van der Waals surface area contributed by atoms with Crippen molar-refractivity contribution in [3.63, 3.8) is 0 Å². The molecule has 0 saturated carbocycles. The fraction of sp³-hybridized carbons (Fsp3) is 0.385. The Hall–Kier alpha value is -1.08. The first-order valence-electron chi connectivity index (χ1n) is 4.86. The fourth-order valence-electron chi connectivity index (χ4n) is 1.23. The molecule has 0 fully saturated rings. The Kier molecular flexibility index (Phi) is 3.48. The summed E-state index contributed by atoms with van der Waals surface area (Å²) < 4.78 is 5.78. The Labute approximate surface area is 86.4 Å². The monoisotopic (exact) mass is 190 g/mol. The van der Waals surface area contributed by atoms with Crippen molar-refractivity contribution >= 4 is 0 Å². The van der Waals surface area contributed by atoms with E-state index in [1.807, 2.05) is 25.1 Å². The van der Waals surface area contributed by atoms with Crippen molar-refractivity contribution < 1.29 is 4.74 Å². The zero-order valence-electron chi connectivity index (χ0n) is 9.21. The standard InChI is InChI=1S/C13H18O/c1-11(2)10-14-13(3,4)12-8-6-5-7-9-12/h5-9H,1,10H2,2-4H3. The zero-order chi connectivity index (χ0) is 10.6. The minimum Gasteiger partial charge on any atom is -0.367 e. The minimum absolute atomic E-state index is 0.236. The molecule has 0 saturated heterocycles. The van der Waals surface area contributed by atoms with Crippen LogP contribution in [0.4, 0.5) is 0 Å². The molecule has 0 atom stereocenters. The van der Waals surface area contributed by atoms with Gasteiger partial charge >= 0.3 is 0 Å². The van der Waals surface area contributed by atoms with E-state index in [1.54, 1.807) is 0 Å². The lowest BCUT2D eigenvalue weighted by atomic mass is 9.98. The third-order valence-corrected chi connectivity index (χ3v) is 2.15. The van der Waals surface area contributed by atoms with Crippen LogP contribution in [-0.2, 0) is 10.3 Å². The van der Waals surface area contributed by atoms with Gasteiger partial charge in [0.15, 0.2) is 0 Å². The van der Waals surface area contributed by atoms with Crippen LogP contribution < -0.4 is 0 Å². The first kappa shape index (κ1) is 11.0. The van der Waals surface area contributed by atoms with Crippen LogP contribution in [0.25, 0.3) is 0 Å². The first-order chi connectivity index (χ1) is 6.52. The molecule has 0 radical (unpaired) electrons. The molecular formula is C13H18O. The Morgan fingerprint density at radius 1 is 1.29 bits per heavy atom. The van der Waals surface area contributed by atoms with E-state index in [4.69, 9.17) is 4.74 Å². The molecule has 0 N–H and O–H groups in total. The summed E-state index contributed by atoms with van der Waals surface area (Å²) >= 11 is 0. The molecule has 0 aromatic heterocycles. The van der Waals surface area contributed by atoms with E-state index in [0.717, 1.165) is 5.57 Å². The number of benzene rings is 1. The Morgan fingerprint density at radius 2 is 1.86 bits per heavy atom. The summed E-state index contributed by atoms with van der Waals surface area (Å²) in [4.78, 5) is 0. The predicted octanol–water partition coefficient (Wildman–Crippen LogP) is 3.51. The number of rotatable bonds is 4. The van der Waals surface area contributed by atoms with Crippen LogP contribution in [0.1, 0.15) is 26.3 Å². The highest BCUT2D eigenvalue weighted by Crippen LogP contribution is 2.24. The van der Waals surface area contributed by atoms with E-state index in [9.17, 15) is 0 Å². The van der Waals surface area contributed by atoms with Crippen LogP contribution in [-0.4, -0.2) is 6.61 Å². The van der Waals surface area contributed by atoms with Crippen LogP contribution in [0.15, 0.2) is 42.5 Å². The van der Waals surface area contributed by atoms with Gasteiger partial charge in [-0.2, -0.15) is 0 Å². The molecule has 1 heteroatoms. The van der Waals surface area contributed by atoms with E-state index in [0.29, 0.717) is 6.61 Å². The van der Waals surface area contributed by atoms with Crippen LogP contribution in [0.3, 0.4) is 0 Å². The van der Waals surface area contributed by atoms with Crippen molar-refractivity contribution in [2.24, 2.45) is 0 Å². The molecule has 0 heterocycles. The molecule has 0 aliphatic heterocycles. The predicted molar refractivity (Wildman–Crippen MR) is 60.2 cm³/mol. The highest BCUT2D eigenvalue weighted by Gasteiger charge is 2.20. The molecule has 1 nitrogen and oxygen atoms in total. The van der Waals surface area contributed by atoms with E-state index in [2.05, 4.69) is 32.6 Å². The van der Waals surface area contributed by atoms with E-state index in [-0.39, 0.29) is 5.60 Å². The summed E-state index contributed by atoms with van der Waals surface area (Å²) in [6, 6.07) is 10.2. The average molecular weight is 190 g/mol. The normalized spacial score (nSPS) is 11.4. The van der Waals surface area contributed by atoms with Gasteiger partial charge in [0.1, 0.15) is 0 Å². The second kappa shape index (κ2) is 4.43.